The molecule has 0 saturated heterocycles. The molecule has 1 heteroatoms. The summed E-state index contributed by atoms with van der Waals surface area (Å²) in [4.78, 5) is 0. The van der Waals surface area contributed by atoms with E-state index >= 15 is 0 Å². The Morgan fingerprint density at radius 3 is 1.61 bits per heavy atom. The molecule has 2 aromatic rings. The molecule has 0 heterocycles. The van der Waals surface area contributed by atoms with E-state index in [-0.39, 0.29) is 5.82 Å². The van der Waals surface area contributed by atoms with Crippen LogP contribution in [0.4, 0.5) is 0 Å². The number of hydrogen-bond acceptors (Lipinski definition) is 0. The Kier molecular flexibility index (Phi) is 4.25. The molecule has 0 aliphatic carbocycles. The standard InChI is InChI=1S/C17H19B/c1-13(2)16(14-9-5-3-6-10-14)17(18)15-11-7-4-8-12-15/h3-13,16-17H,1-2H3. The lowest BCUT2D eigenvalue weighted by Crippen LogP contribution is -2.17. The van der Waals surface area contributed by atoms with Crippen LogP contribution in [0.3, 0.4) is 0 Å². The van der Waals surface area contributed by atoms with Crippen molar-refractivity contribution < 1.29 is 0 Å². The fourth-order valence-corrected chi connectivity index (χ4v) is 2.56. The summed E-state index contributed by atoms with van der Waals surface area (Å²) in [6.07, 6.45) is 0. The summed E-state index contributed by atoms with van der Waals surface area (Å²) in [6, 6.07) is 20.9. The van der Waals surface area contributed by atoms with Crippen LogP contribution in [0, 0.1) is 5.92 Å². The Morgan fingerprint density at radius 1 is 0.722 bits per heavy atom. The summed E-state index contributed by atoms with van der Waals surface area (Å²) in [7, 11) is 6.47. The van der Waals surface area contributed by atoms with E-state index in [0.29, 0.717) is 11.8 Å². The third kappa shape index (κ3) is 2.84. The third-order valence-corrected chi connectivity index (χ3v) is 3.47. The van der Waals surface area contributed by atoms with E-state index in [1.165, 1.54) is 11.1 Å². The van der Waals surface area contributed by atoms with E-state index in [4.69, 9.17) is 7.85 Å². The fourth-order valence-electron chi connectivity index (χ4n) is 2.56. The number of benzene rings is 2. The van der Waals surface area contributed by atoms with Crippen molar-refractivity contribution >= 4 is 7.85 Å². The van der Waals surface area contributed by atoms with Gasteiger partial charge in [0.1, 0.15) is 0 Å². The maximum Gasteiger partial charge on any atom is 0.0772 e. The molecule has 2 unspecified atom stereocenters. The second kappa shape index (κ2) is 5.90. The van der Waals surface area contributed by atoms with Gasteiger partial charge < -0.3 is 0 Å². The van der Waals surface area contributed by atoms with Gasteiger partial charge in [-0.15, -0.1) is 0 Å². The maximum absolute atomic E-state index is 6.47. The molecule has 18 heavy (non-hydrogen) atoms. The molecule has 0 aliphatic rings. The normalized spacial score (nSPS) is 14.4. The predicted molar refractivity (Wildman–Crippen MR) is 79.0 cm³/mol. The molecular formula is C17H19B. The van der Waals surface area contributed by atoms with Gasteiger partial charge in [-0.3, -0.25) is 0 Å². The Labute approximate surface area is 111 Å². The molecule has 2 atom stereocenters. The zero-order valence-corrected chi connectivity index (χ0v) is 11.1. The van der Waals surface area contributed by atoms with Gasteiger partial charge in [-0.2, -0.15) is 0 Å². The smallest absolute Gasteiger partial charge is 0.0622 e. The van der Waals surface area contributed by atoms with Crippen LogP contribution in [0.25, 0.3) is 0 Å². The fraction of sp³-hybridized carbons (Fsp3) is 0.294. The van der Waals surface area contributed by atoms with Crippen molar-refractivity contribution in [2.75, 3.05) is 0 Å². The highest BCUT2D eigenvalue weighted by atomic mass is 14.2. The second-order valence-electron chi connectivity index (χ2n) is 5.12. The first kappa shape index (κ1) is 12.9. The van der Waals surface area contributed by atoms with Gasteiger partial charge in [0.15, 0.2) is 0 Å². The zero-order valence-electron chi connectivity index (χ0n) is 11.1. The number of hydrogen-bond donors (Lipinski definition) is 0. The van der Waals surface area contributed by atoms with Gasteiger partial charge >= 0.3 is 0 Å². The van der Waals surface area contributed by atoms with E-state index in [2.05, 4.69) is 68.4 Å². The second-order valence-corrected chi connectivity index (χ2v) is 5.12. The van der Waals surface area contributed by atoms with E-state index in [9.17, 15) is 0 Å². The molecule has 0 bridgehead atoms. The lowest BCUT2D eigenvalue weighted by molar-refractivity contribution is 0.483. The van der Waals surface area contributed by atoms with E-state index in [1.54, 1.807) is 0 Å². The Hall–Kier alpha value is -1.50. The minimum atomic E-state index is 0.0496. The summed E-state index contributed by atoms with van der Waals surface area (Å²) in [5.74, 6) is 0.921. The minimum absolute atomic E-state index is 0.0496. The highest BCUT2D eigenvalue weighted by Crippen LogP contribution is 2.36. The van der Waals surface area contributed by atoms with Crippen LogP contribution in [0.15, 0.2) is 60.7 Å². The topological polar surface area (TPSA) is 0 Å². The van der Waals surface area contributed by atoms with Crippen LogP contribution in [0.5, 0.6) is 0 Å². The number of rotatable bonds is 4. The first-order chi connectivity index (χ1) is 8.70. The summed E-state index contributed by atoms with van der Waals surface area (Å²) in [5.41, 5.74) is 2.53. The third-order valence-electron chi connectivity index (χ3n) is 3.47. The molecule has 0 nitrogen and oxygen atoms in total. The van der Waals surface area contributed by atoms with Crippen molar-refractivity contribution in [2.45, 2.75) is 25.6 Å². The van der Waals surface area contributed by atoms with Crippen LogP contribution < -0.4 is 0 Å². The molecule has 0 aromatic heterocycles. The Bertz CT molecular complexity index is 461. The van der Waals surface area contributed by atoms with E-state index < -0.39 is 0 Å². The monoisotopic (exact) mass is 234 g/mol. The van der Waals surface area contributed by atoms with Crippen molar-refractivity contribution in [3.05, 3.63) is 71.8 Å². The molecule has 0 fully saturated rings. The Morgan fingerprint density at radius 2 is 1.17 bits per heavy atom. The van der Waals surface area contributed by atoms with Crippen LogP contribution in [-0.2, 0) is 0 Å². The minimum Gasteiger partial charge on any atom is -0.0622 e. The van der Waals surface area contributed by atoms with Crippen LogP contribution in [0.2, 0.25) is 0 Å². The highest BCUT2D eigenvalue weighted by Gasteiger charge is 2.23. The molecular weight excluding hydrogens is 215 g/mol. The van der Waals surface area contributed by atoms with Crippen molar-refractivity contribution in [1.82, 2.24) is 0 Å². The van der Waals surface area contributed by atoms with Crippen molar-refractivity contribution in [3.63, 3.8) is 0 Å². The summed E-state index contributed by atoms with van der Waals surface area (Å²) in [6.45, 7) is 4.47. The largest absolute Gasteiger partial charge is 0.0772 e. The Balaban J connectivity index is 2.32. The van der Waals surface area contributed by atoms with Gasteiger partial charge in [-0.25, -0.2) is 0 Å². The lowest BCUT2D eigenvalue weighted by Gasteiger charge is -2.29. The van der Waals surface area contributed by atoms with Gasteiger partial charge in [0.2, 0.25) is 0 Å². The average Bonchev–Trinajstić information content (AvgIpc) is 2.40. The van der Waals surface area contributed by atoms with Crippen molar-refractivity contribution in [1.29, 1.82) is 0 Å². The van der Waals surface area contributed by atoms with Gasteiger partial charge in [0.25, 0.3) is 0 Å². The molecule has 2 radical (unpaired) electrons. The molecule has 2 rings (SSSR count). The van der Waals surface area contributed by atoms with Crippen LogP contribution in [-0.4, -0.2) is 7.85 Å². The molecule has 0 N–H and O–H groups in total. The van der Waals surface area contributed by atoms with Gasteiger partial charge in [-0.05, 0) is 23.2 Å². The van der Waals surface area contributed by atoms with Crippen LogP contribution >= 0.6 is 0 Å². The predicted octanol–water partition coefficient (Wildman–Crippen LogP) is 4.34. The summed E-state index contributed by atoms with van der Waals surface area (Å²) >= 11 is 0. The lowest BCUT2D eigenvalue weighted by atomic mass is 9.65. The van der Waals surface area contributed by atoms with E-state index in [1.807, 2.05) is 6.07 Å². The van der Waals surface area contributed by atoms with Crippen LogP contribution in [0.1, 0.15) is 36.7 Å². The first-order valence-corrected chi connectivity index (χ1v) is 6.55. The average molecular weight is 234 g/mol. The van der Waals surface area contributed by atoms with E-state index in [0.717, 1.165) is 0 Å². The quantitative estimate of drug-likeness (QED) is 0.690. The van der Waals surface area contributed by atoms with Gasteiger partial charge in [0, 0.05) is 0 Å². The summed E-state index contributed by atoms with van der Waals surface area (Å²) < 4.78 is 0. The molecule has 0 spiro atoms. The van der Waals surface area contributed by atoms with Crippen molar-refractivity contribution in [2.24, 2.45) is 5.92 Å². The van der Waals surface area contributed by atoms with Gasteiger partial charge in [0.05, 0.1) is 7.85 Å². The molecule has 0 amide bonds. The SMILES string of the molecule is [B]C(c1ccccc1)C(c1ccccc1)C(C)C. The molecule has 90 valence electrons. The molecule has 0 saturated carbocycles. The first-order valence-electron chi connectivity index (χ1n) is 6.55. The molecule has 0 aliphatic heterocycles. The zero-order chi connectivity index (χ0) is 13.0. The van der Waals surface area contributed by atoms with Crippen molar-refractivity contribution in [3.8, 4) is 0 Å². The summed E-state index contributed by atoms with van der Waals surface area (Å²) in [5, 5.41) is 0. The maximum atomic E-state index is 6.47. The highest BCUT2D eigenvalue weighted by molar-refractivity contribution is 6.13. The molecule has 2 aromatic carbocycles. The van der Waals surface area contributed by atoms with Gasteiger partial charge in [-0.1, -0.05) is 80.1 Å².